The fraction of sp³-hybridized carbons (Fsp3) is 0.636. The molecule has 5 aliphatic rings. The van der Waals surface area contributed by atoms with E-state index in [1.807, 2.05) is 22.9 Å². The summed E-state index contributed by atoms with van der Waals surface area (Å²) in [6, 6.07) is 5.66. The van der Waals surface area contributed by atoms with Gasteiger partial charge in [0.2, 0.25) is 5.91 Å². The molecule has 6 rings (SSSR count). The molecule has 1 aromatic rings. The van der Waals surface area contributed by atoms with Crippen LogP contribution in [-0.4, -0.2) is 47.1 Å². The molecule has 3 atom stereocenters. The molecule has 0 spiro atoms. The number of ether oxygens (including phenoxy) is 1. The van der Waals surface area contributed by atoms with Crippen molar-refractivity contribution in [1.29, 1.82) is 5.26 Å². The number of aromatic nitrogens is 1. The third kappa shape index (κ3) is 3.73. The number of anilines is 1. The lowest BCUT2D eigenvalue weighted by molar-refractivity contribution is -0.162. The van der Waals surface area contributed by atoms with Crippen molar-refractivity contribution in [2.45, 2.75) is 50.7 Å². The van der Waals surface area contributed by atoms with Crippen molar-refractivity contribution in [3.05, 3.63) is 23.9 Å². The van der Waals surface area contributed by atoms with E-state index in [4.69, 9.17) is 4.74 Å². The Morgan fingerprint density at radius 2 is 2.06 bits per heavy atom. The fourth-order valence-corrected chi connectivity index (χ4v) is 7.16. The summed E-state index contributed by atoms with van der Waals surface area (Å²) in [6.45, 7) is 1.16. The summed E-state index contributed by atoms with van der Waals surface area (Å²) in [5.41, 5.74) is 0.242. The number of nitriles is 1. The molecule has 9 heteroatoms. The second-order valence-electron chi connectivity index (χ2n) is 9.61. The van der Waals surface area contributed by atoms with Crippen molar-refractivity contribution < 1.29 is 14.3 Å². The predicted molar refractivity (Wildman–Crippen MR) is 121 cm³/mol. The van der Waals surface area contributed by atoms with Crippen LogP contribution in [0.3, 0.4) is 0 Å². The molecule has 4 saturated carbocycles. The number of likely N-dealkylation sites (tertiary alicyclic amines) is 1. The first-order chi connectivity index (χ1) is 15.0. The minimum Gasteiger partial charge on any atom is -0.446 e. The van der Waals surface area contributed by atoms with Crippen LogP contribution in [0.4, 0.5) is 10.6 Å². The van der Waals surface area contributed by atoms with Gasteiger partial charge in [-0.15, -0.1) is 0 Å². The number of rotatable bonds is 4. The summed E-state index contributed by atoms with van der Waals surface area (Å²) in [6.07, 6.45) is 6.87. The molecule has 0 aromatic carbocycles. The maximum Gasteiger partial charge on any atom is 0.410 e. The van der Waals surface area contributed by atoms with Crippen LogP contribution < -0.4 is 8.85 Å². The molecule has 5 fully saturated rings. The number of nitrogens with zero attached hydrogens (tertiary/aromatic N) is 3. The minimum atomic E-state index is -0.260. The van der Waals surface area contributed by atoms with E-state index < -0.39 is 0 Å². The van der Waals surface area contributed by atoms with Gasteiger partial charge in [-0.3, -0.25) is 8.32 Å². The summed E-state index contributed by atoms with van der Waals surface area (Å²) < 4.78 is 8.91. The van der Waals surface area contributed by atoms with E-state index >= 15 is 0 Å². The van der Waals surface area contributed by atoms with Crippen LogP contribution in [0, 0.1) is 34.5 Å². The van der Waals surface area contributed by atoms with E-state index in [1.165, 1.54) is 0 Å². The predicted octanol–water partition coefficient (Wildman–Crippen LogP) is 3.24. The van der Waals surface area contributed by atoms with E-state index in [-0.39, 0.29) is 41.4 Å². The molecule has 164 valence electrons. The standard InChI is InChI=1S/C22H26IN5O3/c23-27-20(29)22-8-13-6-15(9-22)18(16(7-13)10-22)31-21(30)28-5-3-17(12-28)26-19-14(11-24)2-1-4-25-19/h1-2,4,13,15-18H,3,5-10,12H2,(H,25,26)(H,27,29). The van der Waals surface area contributed by atoms with Gasteiger partial charge in [0.15, 0.2) is 0 Å². The lowest BCUT2D eigenvalue weighted by Crippen LogP contribution is -2.59. The molecule has 4 bridgehead atoms. The van der Waals surface area contributed by atoms with Crippen molar-refractivity contribution in [1.82, 2.24) is 13.4 Å². The molecule has 2 amide bonds. The van der Waals surface area contributed by atoms with Crippen molar-refractivity contribution in [3.8, 4) is 6.07 Å². The molecule has 8 nitrogen and oxygen atoms in total. The highest BCUT2D eigenvalue weighted by molar-refractivity contribution is 14.1. The molecule has 4 aliphatic carbocycles. The van der Waals surface area contributed by atoms with Gasteiger partial charge >= 0.3 is 6.09 Å². The lowest BCUT2D eigenvalue weighted by atomic mass is 9.48. The first-order valence-electron chi connectivity index (χ1n) is 11.0. The van der Waals surface area contributed by atoms with Crippen LogP contribution in [0.1, 0.15) is 44.1 Å². The van der Waals surface area contributed by atoms with E-state index in [0.29, 0.717) is 30.4 Å². The Morgan fingerprint density at radius 1 is 1.29 bits per heavy atom. The van der Waals surface area contributed by atoms with Crippen LogP contribution in [0.25, 0.3) is 0 Å². The Labute approximate surface area is 195 Å². The minimum absolute atomic E-state index is 0.0451. The normalized spacial score (nSPS) is 35.5. The second-order valence-corrected chi connectivity index (χ2v) is 10.1. The summed E-state index contributed by atoms with van der Waals surface area (Å²) >= 11 is 1.95. The highest BCUT2D eigenvalue weighted by atomic mass is 127. The number of carbonyl (C=O) groups excluding carboxylic acids is 2. The molecule has 1 saturated heterocycles. The van der Waals surface area contributed by atoms with Gasteiger partial charge < -0.3 is 15.0 Å². The molecule has 2 N–H and O–H groups in total. The number of nitrogens with one attached hydrogen (secondary N) is 2. The molecule has 0 radical (unpaired) electrons. The number of amides is 2. The van der Waals surface area contributed by atoms with Gasteiger partial charge in [0, 0.05) is 25.3 Å². The SMILES string of the molecule is N#Cc1cccnc1NC1CCN(C(=O)OC2C3CC4CC2CC(C(=O)NI)(C4)C3)C1. The molecule has 2 heterocycles. The summed E-state index contributed by atoms with van der Waals surface area (Å²) in [4.78, 5) is 31.5. The lowest BCUT2D eigenvalue weighted by Gasteiger charge is -2.58. The van der Waals surface area contributed by atoms with Gasteiger partial charge in [0.1, 0.15) is 18.0 Å². The van der Waals surface area contributed by atoms with E-state index in [9.17, 15) is 14.9 Å². The monoisotopic (exact) mass is 535 g/mol. The Bertz CT molecular complexity index is 918. The molecule has 3 unspecified atom stereocenters. The van der Waals surface area contributed by atoms with Gasteiger partial charge in [-0.05, 0) is 68.4 Å². The zero-order valence-corrected chi connectivity index (χ0v) is 19.4. The Hall–Kier alpha value is -2.09. The van der Waals surface area contributed by atoms with E-state index in [1.54, 1.807) is 23.2 Å². The number of pyridine rings is 1. The average molecular weight is 535 g/mol. The van der Waals surface area contributed by atoms with Gasteiger partial charge in [-0.2, -0.15) is 5.26 Å². The molecule has 1 aromatic heterocycles. The number of hydrogen-bond donors (Lipinski definition) is 2. The summed E-state index contributed by atoms with van der Waals surface area (Å²) in [7, 11) is 0. The molecular formula is C22H26IN5O3. The van der Waals surface area contributed by atoms with Gasteiger partial charge in [0.05, 0.1) is 33.8 Å². The van der Waals surface area contributed by atoms with Crippen LogP contribution in [0.2, 0.25) is 0 Å². The van der Waals surface area contributed by atoms with Crippen LogP contribution in [0.5, 0.6) is 0 Å². The largest absolute Gasteiger partial charge is 0.446 e. The first kappa shape index (κ1) is 20.8. The number of halogens is 1. The van der Waals surface area contributed by atoms with Gasteiger partial charge in [-0.1, -0.05) is 0 Å². The molecule has 31 heavy (non-hydrogen) atoms. The fourth-order valence-electron chi connectivity index (χ4n) is 6.59. The van der Waals surface area contributed by atoms with Gasteiger partial charge in [-0.25, -0.2) is 9.78 Å². The smallest absolute Gasteiger partial charge is 0.410 e. The van der Waals surface area contributed by atoms with Crippen LogP contribution in [0.15, 0.2) is 18.3 Å². The summed E-state index contributed by atoms with van der Waals surface area (Å²) in [5, 5.41) is 12.5. The Kier molecular flexibility index (Phi) is 5.44. The van der Waals surface area contributed by atoms with Crippen molar-refractivity contribution in [3.63, 3.8) is 0 Å². The zero-order chi connectivity index (χ0) is 21.6. The average Bonchev–Trinajstić information content (AvgIpc) is 3.24. The third-order valence-electron chi connectivity index (χ3n) is 7.71. The van der Waals surface area contributed by atoms with Crippen molar-refractivity contribution >= 4 is 40.7 Å². The first-order valence-corrected chi connectivity index (χ1v) is 12.1. The highest BCUT2D eigenvalue weighted by Gasteiger charge is 2.59. The van der Waals surface area contributed by atoms with Crippen LogP contribution in [-0.2, 0) is 9.53 Å². The highest BCUT2D eigenvalue weighted by Crippen LogP contribution is 2.61. The zero-order valence-electron chi connectivity index (χ0n) is 17.2. The molecule has 1 aliphatic heterocycles. The number of carbonyl (C=O) groups is 2. The Morgan fingerprint density at radius 3 is 2.77 bits per heavy atom. The Balaban J connectivity index is 1.20. The van der Waals surface area contributed by atoms with Crippen molar-refractivity contribution in [2.24, 2.45) is 23.2 Å². The van der Waals surface area contributed by atoms with Gasteiger partial charge in [0.25, 0.3) is 0 Å². The topological polar surface area (TPSA) is 107 Å². The second kappa shape index (κ2) is 8.11. The van der Waals surface area contributed by atoms with E-state index in [0.717, 1.165) is 38.5 Å². The maximum absolute atomic E-state index is 13.0. The summed E-state index contributed by atoms with van der Waals surface area (Å²) in [5.74, 6) is 1.86. The number of hydrogen-bond acceptors (Lipinski definition) is 6. The van der Waals surface area contributed by atoms with Crippen molar-refractivity contribution in [2.75, 3.05) is 18.4 Å². The van der Waals surface area contributed by atoms with Crippen LogP contribution >= 0.6 is 22.9 Å². The third-order valence-corrected chi connectivity index (χ3v) is 8.20. The van der Waals surface area contributed by atoms with E-state index in [2.05, 4.69) is 19.9 Å². The maximum atomic E-state index is 13.0. The molecular weight excluding hydrogens is 509 g/mol. The quantitative estimate of drug-likeness (QED) is 0.453.